The minimum atomic E-state index is -4.15. The minimum Gasteiger partial charge on any atom is -0.354 e. The van der Waals surface area contributed by atoms with E-state index >= 15 is 0 Å². The first-order valence-corrected chi connectivity index (χ1v) is 14.9. The molecule has 3 aromatic rings. The molecule has 0 saturated carbocycles. The van der Waals surface area contributed by atoms with Crippen LogP contribution in [0.25, 0.3) is 0 Å². The van der Waals surface area contributed by atoms with E-state index in [1.807, 2.05) is 6.92 Å². The zero-order chi connectivity index (χ0) is 28.6. The highest BCUT2D eigenvalue weighted by Crippen LogP contribution is 2.31. The quantitative estimate of drug-likeness (QED) is 0.269. The molecule has 0 fully saturated rings. The van der Waals surface area contributed by atoms with Crippen LogP contribution in [0.5, 0.6) is 0 Å². The van der Waals surface area contributed by atoms with Gasteiger partial charge in [0.1, 0.15) is 12.6 Å². The fraction of sp³-hybridized carbons (Fsp3) is 0.310. The highest BCUT2D eigenvalue weighted by molar-refractivity contribution is 7.92. The lowest BCUT2D eigenvalue weighted by Crippen LogP contribution is -2.51. The Kier molecular flexibility index (Phi) is 10.8. The van der Waals surface area contributed by atoms with Crippen molar-refractivity contribution in [3.8, 4) is 0 Å². The molecule has 0 aromatic heterocycles. The molecule has 0 aliphatic carbocycles. The summed E-state index contributed by atoms with van der Waals surface area (Å²) in [7, 11) is -4.15. The number of carbonyl (C=O) groups excluding carboxylic acids is 2. The maximum absolute atomic E-state index is 13.9. The Morgan fingerprint density at radius 1 is 0.949 bits per heavy atom. The molecule has 0 aliphatic heterocycles. The summed E-state index contributed by atoms with van der Waals surface area (Å²) in [5.41, 5.74) is 1.55. The molecule has 0 unspecified atom stereocenters. The zero-order valence-electron chi connectivity index (χ0n) is 22.2. The second-order valence-electron chi connectivity index (χ2n) is 9.18. The third-order valence-corrected chi connectivity index (χ3v) is 8.82. The molecule has 3 rings (SSSR count). The van der Waals surface area contributed by atoms with Crippen molar-refractivity contribution in [1.82, 2.24) is 10.2 Å². The fourth-order valence-corrected chi connectivity index (χ4v) is 5.79. The van der Waals surface area contributed by atoms with E-state index in [4.69, 9.17) is 23.2 Å². The summed E-state index contributed by atoms with van der Waals surface area (Å²) in [5.74, 6) is -0.857. The lowest BCUT2D eigenvalue weighted by molar-refractivity contribution is -0.139. The molecule has 0 saturated heterocycles. The topological polar surface area (TPSA) is 86.8 Å². The Bertz CT molecular complexity index is 1380. The third kappa shape index (κ3) is 7.75. The molecule has 3 aromatic carbocycles. The van der Waals surface area contributed by atoms with Crippen LogP contribution >= 0.6 is 23.2 Å². The molecule has 0 aliphatic rings. The summed E-state index contributed by atoms with van der Waals surface area (Å²) in [4.78, 5) is 28.4. The van der Waals surface area contributed by atoms with Gasteiger partial charge in [-0.25, -0.2) is 8.42 Å². The fourth-order valence-electron chi connectivity index (χ4n) is 4.00. The Balaban J connectivity index is 2.02. The van der Waals surface area contributed by atoms with Gasteiger partial charge < -0.3 is 10.2 Å². The van der Waals surface area contributed by atoms with Crippen molar-refractivity contribution >= 4 is 50.7 Å². The lowest BCUT2D eigenvalue weighted by atomic mass is 10.1. The van der Waals surface area contributed by atoms with Gasteiger partial charge in [0.2, 0.25) is 11.8 Å². The number of halogens is 2. The van der Waals surface area contributed by atoms with Gasteiger partial charge in [-0.3, -0.25) is 13.9 Å². The second kappa shape index (κ2) is 13.8. The number of amides is 2. The van der Waals surface area contributed by atoms with E-state index in [2.05, 4.69) is 5.32 Å². The van der Waals surface area contributed by atoms with Crippen LogP contribution in [0.4, 0.5) is 5.69 Å². The Morgan fingerprint density at radius 2 is 1.62 bits per heavy atom. The number of benzene rings is 3. The summed E-state index contributed by atoms with van der Waals surface area (Å²) in [6.45, 7) is 5.40. The Hall–Kier alpha value is -3.07. The summed E-state index contributed by atoms with van der Waals surface area (Å²) >= 11 is 12.4. The van der Waals surface area contributed by atoms with Crippen molar-refractivity contribution < 1.29 is 18.0 Å². The maximum atomic E-state index is 13.9. The average Bonchev–Trinajstić information content (AvgIpc) is 2.93. The summed E-state index contributed by atoms with van der Waals surface area (Å²) in [6.07, 6.45) is 1.72. The van der Waals surface area contributed by atoms with Gasteiger partial charge in [0.15, 0.2) is 0 Å². The van der Waals surface area contributed by atoms with Gasteiger partial charge in [0.25, 0.3) is 10.0 Å². The van der Waals surface area contributed by atoms with Crippen molar-refractivity contribution in [2.75, 3.05) is 17.4 Å². The summed E-state index contributed by atoms with van der Waals surface area (Å²) in [5, 5.41) is 3.78. The summed E-state index contributed by atoms with van der Waals surface area (Å²) in [6, 6.07) is 18.9. The molecule has 0 spiro atoms. The van der Waals surface area contributed by atoms with Crippen LogP contribution in [0.1, 0.15) is 37.8 Å². The smallest absolute Gasteiger partial charge is 0.264 e. The highest BCUT2D eigenvalue weighted by Gasteiger charge is 2.33. The number of hydrogen-bond donors (Lipinski definition) is 1. The van der Waals surface area contributed by atoms with Gasteiger partial charge >= 0.3 is 0 Å². The molecule has 10 heteroatoms. The largest absolute Gasteiger partial charge is 0.354 e. The van der Waals surface area contributed by atoms with Gasteiger partial charge in [-0.2, -0.15) is 0 Å². The van der Waals surface area contributed by atoms with Gasteiger partial charge in [-0.05, 0) is 67.8 Å². The van der Waals surface area contributed by atoms with Crippen LogP contribution in [0.2, 0.25) is 10.0 Å². The molecular formula is C29H33Cl2N3O4S. The van der Waals surface area contributed by atoms with E-state index in [0.717, 1.165) is 22.7 Å². The molecular weight excluding hydrogens is 557 g/mol. The van der Waals surface area contributed by atoms with E-state index in [1.54, 1.807) is 74.5 Å². The molecule has 2 amide bonds. The number of anilines is 1. The normalized spacial score (nSPS) is 12.0. The van der Waals surface area contributed by atoms with E-state index in [9.17, 15) is 18.0 Å². The van der Waals surface area contributed by atoms with Gasteiger partial charge in [0, 0.05) is 23.1 Å². The molecule has 1 atom stereocenters. The van der Waals surface area contributed by atoms with E-state index in [0.29, 0.717) is 22.2 Å². The zero-order valence-corrected chi connectivity index (χ0v) is 24.6. The molecule has 0 bridgehead atoms. The van der Waals surface area contributed by atoms with Gasteiger partial charge in [0.05, 0.1) is 10.6 Å². The van der Waals surface area contributed by atoms with Crippen LogP contribution in [-0.2, 0) is 26.2 Å². The molecule has 0 radical (unpaired) electrons. The molecule has 1 N–H and O–H groups in total. The van der Waals surface area contributed by atoms with E-state index in [1.165, 1.54) is 17.0 Å². The standard InChI is InChI=1S/C29H33Cl2N3O4S/c1-4-5-18-32-29(36)22(3)33(19-23-14-16-24(30)17-15-23)28(35)20-34(27-13-9-12-26(31)21(27)2)39(37,38)25-10-7-6-8-11-25/h6-17,22H,4-5,18-20H2,1-3H3,(H,32,36)/t22-/m0/s1. The number of sulfonamides is 1. The number of rotatable bonds is 12. The second-order valence-corrected chi connectivity index (χ2v) is 11.9. The highest BCUT2D eigenvalue weighted by atomic mass is 35.5. The van der Waals surface area contributed by atoms with Crippen molar-refractivity contribution in [2.45, 2.75) is 51.1 Å². The SMILES string of the molecule is CCCCNC(=O)[C@H](C)N(Cc1ccc(Cl)cc1)C(=O)CN(c1cccc(Cl)c1C)S(=O)(=O)c1ccccc1. The van der Waals surface area contributed by atoms with Crippen LogP contribution < -0.4 is 9.62 Å². The van der Waals surface area contributed by atoms with Crippen molar-refractivity contribution in [1.29, 1.82) is 0 Å². The molecule has 0 heterocycles. The number of nitrogens with one attached hydrogen (secondary N) is 1. The predicted molar refractivity (Wildman–Crippen MR) is 157 cm³/mol. The first-order valence-electron chi connectivity index (χ1n) is 12.7. The molecule has 39 heavy (non-hydrogen) atoms. The average molecular weight is 591 g/mol. The van der Waals surface area contributed by atoms with E-state index < -0.39 is 28.5 Å². The van der Waals surface area contributed by atoms with Crippen LogP contribution in [-0.4, -0.2) is 44.3 Å². The Labute approximate surface area is 240 Å². The summed E-state index contributed by atoms with van der Waals surface area (Å²) < 4.78 is 28.8. The number of hydrogen-bond acceptors (Lipinski definition) is 4. The maximum Gasteiger partial charge on any atom is 0.264 e. The lowest BCUT2D eigenvalue weighted by Gasteiger charge is -2.32. The van der Waals surface area contributed by atoms with Gasteiger partial charge in [-0.1, -0.05) is 72.9 Å². The van der Waals surface area contributed by atoms with Crippen LogP contribution in [0, 0.1) is 6.92 Å². The number of unbranched alkanes of at least 4 members (excludes halogenated alkanes) is 1. The van der Waals surface area contributed by atoms with Crippen LogP contribution in [0.3, 0.4) is 0 Å². The third-order valence-electron chi connectivity index (χ3n) is 6.38. The van der Waals surface area contributed by atoms with Crippen molar-refractivity contribution in [3.63, 3.8) is 0 Å². The molecule has 208 valence electrons. The van der Waals surface area contributed by atoms with Crippen molar-refractivity contribution in [2.24, 2.45) is 0 Å². The van der Waals surface area contributed by atoms with Crippen LogP contribution in [0.15, 0.2) is 77.7 Å². The van der Waals surface area contributed by atoms with Crippen molar-refractivity contribution in [3.05, 3.63) is 94.0 Å². The monoisotopic (exact) mass is 589 g/mol. The number of carbonyl (C=O) groups is 2. The molecule has 7 nitrogen and oxygen atoms in total. The van der Waals surface area contributed by atoms with E-state index in [-0.39, 0.29) is 23.0 Å². The van der Waals surface area contributed by atoms with Gasteiger partial charge in [-0.15, -0.1) is 0 Å². The predicted octanol–water partition coefficient (Wildman–Crippen LogP) is 5.83. The first kappa shape index (κ1) is 30.5. The minimum absolute atomic E-state index is 0.0341. The first-order chi connectivity index (χ1) is 18.6. The number of nitrogens with zero attached hydrogens (tertiary/aromatic N) is 2. The Morgan fingerprint density at radius 3 is 2.26 bits per heavy atom.